The van der Waals surface area contributed by atoms with Gasteiger partial charge in [0.1, 0.15) is 6.61 Å². The van der Waals surface area contributed by atoms with Crippen molar-refractivity contribution in [1.82, 2.24) is 0 Å². The number of carbonyl (C=O) groups is 2. The Labute approximate surface area is 133 Å². The van der Waals surface area contributed by atoms with Crippen molar-refractivity contribution in [3.05, 3.63) is 59.7 Å². The Kier molecular flexibility index (Phi) is 3.88. The molecule has 0 amide bonds. The first-order chi connectivity index (χ1) is 11.1. The van der Waals surface area contributed by atoms with Crippen molar-refractivity contribution in [2.75, 3.05) is 20.8 Å². The largest absolute Gasteiger partial charge is 0.467 e. The molecule has 0 fully saturated rings. The van der Waals surface area contributed by atoms with E-state index in [0.717, 1.165) is 11.1 Å². The highest BCUT2D eigenvalue weighted by molar-refractivity contribution is 5.96. The predicted molar refractivity (Wildman–Crippen MR) is 82.6 cm³/mol. The minimum absolute atomic E-state index is 0.353. The molecule has 5 nitrogen and oxygen atoms in total. The summed E-state index contributed by atoms with van der Waals surface area (Å²) < 4.78 is 15.4. The summed E-state index contributed by atoms with van der Waals surface area (Å²) in [5.74, 6) is -1.13. The molecule has 0 aromatic heterocycles. The fourth-order valence-electron chi connectivity index (χ4n) is 3.00. The fraction of sp³-hybridized carbons (Fsp3) is 0.222. The van der Waals surface area contributed by atoms with Crippen molar-refractivity contribution in [3.8, 4) is 11.1 Å². The summed E-state index contributed by atoms with van der Waals surface area (Å²) >= 11 is 0. The van der Waals surface area contributed by atoms with Crippen LogP contribution in [0.25, 0.3) is 11.1 Å². The van der Waals surface area contributed by atoms with Crippen LogP contribution in [0.1, 0.15) is 11.1 Å². The van der Waals surface area contributed by atoms with Crippen LogP contribution >= 0.6 is 0 Å². The number of hydrogen-bond donors (Lipinski definition) is 0. The van der Waals surface area contributed by atoms with Gasteiger partial charge in [0.2, 0.25) is 5.60 Å². The van der Waals surface area contributed by atoms with Crippen LogP contribution in [-0.4, -0.2) is 32.8 Å². The molecule has 3 rings (SSSR count). The molecule has 2 aromatic carbocycles. The zero-order valence-corrected chi connectivity index (χ0v) is 12.9. The number of esters is 2. The molecule has 1 aliphatic rings. The Hall–Kier alpha value is -2.66. The van der Waals surface area contributed by atoms with E-state index in [0.29, 0.717) is 11.1 Å². The molecule has 0 unspecified atom stereocenters. The van der Waals surface area contributed by atoms with Gasteiger partial charge in [-0.15, -0.1) is 0 Å². The van der Waals surface area contributed by atoms with Gasteiger partial charge in [0.15, 0.2) is 0 Å². The number of rotatable bonds is 4. The van der Waals surface area contributed by atoms with Crippen LogP contribution in [0.4, 0.5) is 0 Å². The lowest BCUT2D eigenvalue weighted by Gasteiger charge is -2.28. The maximum atomic E-state index is 12.7. The van der Waals surface area contributed by atoms with Crippen LogP contribution in [0.3, 0.4) is 0 Å². The minimum Gasteiger partial charge on any atom is -0.467 e. The van der Waals surface area contributed by atoms with Crippen LogP contribution in [0, 0.1) is 0 Å². The highest BCUT2D eigenvalue weighted by Crippen LogP contribution is 2.50. The first-order valence-corrected chi connectivity index (χ1v) is 7.13. The highest BCUT2D eigenvalue weighted by Gasteiger charge is 2.52. The second-order valence-corrected chi connectivity index (χ2v) is 5.13. The third-order valence-electron chi connectivity index (χ3n) is 4.01. The van der Waals surface area contributed by atoms with Gasteiger partial charge in [0, 0.05) is 11.1 Å². The van der Waals surface area contributed by atoms with E-state index >= 15 is 0 Å². The average molecular weight is 312 g/mol. The molecule has 0 spiro atoms. The monoisotopic (exact) mass is 312 g/mol. The van der Waals surface area contributed by atoms with Gasteiger partial charge in [-0.25, -0.2) is 9.59 Å². The van der Waals surface area contributed by atoms with Gasteiger partial charge in [-0.1, -0.05) is 48.5 Å². The van der Waals surface area contributed by atoms with Crippen molar-refractivity contribution in [2.45, 2.75) is 5.60 Å². The second kappa shape index (κ2) is 5.85. The molecule has 0 bridgehead atoms. The van der Waals surface area contributed by atoms with Gasteiger partial charge in [-0.3, -0.25) is 0 Å². The predicted octanol–water partition coefficient (Wildman–Crippen LogP) is 2.27. The summed E-state index contributed by atoms with van der Waals surface area (Å²) in [5.41, 5.74) is 1.64. The normalized spacial score (nSPS) is 13.8. The average Bonchev–Trinajstić information content (AvgIpc) is 2.90. The molecule has 0 aliphatic heterocycles. The molecule has 0 N–H and O–H groups in total. The Morgan fingerprint density at radius 3 is 1.87 bits per heavy atom. The van der Waals surface area contributed by atoms with Gasteiger partial charge >= 0.3 is 11.9 Å². The Morgan fingerprint density at radius 1 is 0.870 bits per heavy atom. The lowest BCUT2D eigenvalue weighted by atomic mass is 9.91. The molecular weight excluding hydrogens is 296 g/mol. The molecule has 0 saturated heterocycles. The molecule has 2 aromatic rings. The van der Waals surface area contributed by atoms with Crippen LogP contribution in [-0.2, 0) is 29.4 Å². The highest BCUT2D eigenvalue weighted by atomic mass is 16.6. The molecule has 23 heavy (non-hydrogen) atoms. The second-order valence-electron chi connectivity index (χ2n) is 5.13. The van der Waals surface area contributed by atoms with E-state index in [4.69, 9.17) is 9.47 Å². The Morgan fingerprint density at radius 2 is 1.39 bits per heavy atom. The van der Waals surface area contributed by atoms with E-state index in [9.17, 15) is 9.59 Å². The van der Waals surface area contributed by atoms with Crippen LogP contribution in [0.15, 0.2) is 48.5 Å². The fourth-order valence-corrected chi connectivity index (χ4v) is 3.00. The number of methoxy groups -OCH3 is 2. The van der Waals surface area contributed by atoms with Crippen molar-refractivity contribution < 1.29 is 23.8 Å². The standard InChI is InChI=1S/C18H16O5/c1-21-16(19)11-23-18(17(20)22-2)14-9-5-3-7-12(14)13-8-4-6-10-15(13)18/h3-10H,11H2,1-2H3. The maximum Gasteiger partial charge on any atom is 0.347 e. The smallest absolute Gasteiger partial charge is 0.347 e. The van der Waals surface area contributed by atoms with E-state index in [-0.39, 0.29) is 6.61 Å². The number of ether oxygens (including phenoxy) is 3. The summed E-state index contributed by atoms with van der Waals surface area (Å²) in [6.07, 6.45) is 0. The molecule has 118 valence electrons. The Balaban J connectivity index is 2.21. The van der Waals surface area contributed by atoms with Crippen LogP contribution in [0.2, 0.25) is 0 Å². The number of benzene rings is 2. The van der Waals surface area contributed by atoms with Crippen molar-refractivity contribution in [1.29, 1.82) is 0 Å². The minimum atomic E-state index is -1.46. The number of hydrogen-bond acceptors (Lipinski definition) is 5. The SMILES string of the molecule is COC(=O)COC1(C(=O)OC)c2ccccc2-c2ccccc21. The lowest BCUT2D eigenvalue weighted by molar-refractivity contribution is -0.170. The lowest BCUT2D eigenvalue weighted by Crippen LogP contribution is -2.40. The van der Waals surface area contributed by atoms with Crippen molar-refractivity contribution in [3.63, 3.8) is 0 Å². The maximum absolute atomic E-state index is 12.7. The first-order valence-electron chi connectivity index (χ1n) is 7.13. The van der Waals surface area contributed by atoms with Crippen molar-refractivity contribution >= 4 is 11.9 Å². The zero-order chi connectivity index (χ0) is 16.4. The van der Waals surface area contributed by atoms with Crippen LogP contribution < -0.4 is 0 Å². The topological polar surface area (TPSA) is 61.8 Å². The van der Waals surface area contributed by atoms with Gasteiger partial charge < -0.3 is 14.2 Å². The third kappa shape index (κ3) is 2.21. The Bertz CT molecular complexity index is 720. The molecular formula is C18H16O5. The molecule has 0 heterocycles. The van der Waals surface area contributed by atoms with Gasteiger partial charge in [-0.2, -0.15) is 0 Å². The zero-order valence-electron chi connectivity index (χ0n) is 12.9. The van der Waals surface area contributed by atoms with Gasteiger partial charge in [-0.05, 0) is 11.1 Å². The molecule has 0 radical (unpaired) electrons. The van der Waals surface area contributed by atoms with E-state index in [1.54, 1.807) is 0 Å². The summed E-state index contributed by atoms with van der Waals surface area (Å²) in [6.45, 7) is -0.353. The number of fused-ring (bicyclic) bond motifs is 3. The van der Waals surface area contributed by atoms with E-state index in [2.05, 4.69) is 4.74 Å². The van der Waals surface area contributed by atoms with E-state index in [1.807, 2.05) is 48.5 Å². The molecule has 0 atom stereocenters. The van der Waals surface area contributed by atoms with Gasteiger partial charge in [0.05, 0.1) is 14.2 Å². The van der Waals surface area contributed by atoms with E-state index < -0.39 is 17.5 Å². The molecule has 0 saturated carbocycles. The van der Waals surface area contributed by atoms with Crippen LogP contribution in [0.5, 0.6) is 0 Å². The molecule has 5 heteroatoms. The molecule has 1 aliphatic carbocycles. The quantitative estimate of drug-likeness (QED) is 0.811. The van der Waals surface area contributed by atoms with E-state index in [1.165, 1.54) is 14.2 Å². The third-order valence-corrected chi connectivity index (χ3v) is 4.01. The first kappa shape index (κ1) is 15.2. The summed E-state index contributed by atoms with van der Waals surface area (Å²) in [5, 5.41) is 0. The van der Waals surface area contributed by atoms with Crippen molar-refractivity contribution in [2.24, 2.45) is 0 Å². The summed E-state index contributed by atoms with van der Waals surface area (Å²) in [7, 11) is 2.57. The number of carbonyl (C=O) groups excluding carboxylic acids is 2. The summed E-state index contributed by atoms with van der Waals surface area (Å²) in [6, 6.07) is 14.9. The summed E-state index contributed by atoms with van der Waals surface area (Å²) in [4.78, 5) is 24.2. The van der Waals surface area contributed by atoms with Gasteiger partial charge in [0.25, 0.3) is 0 Å².